The fraction of sp³-hybridized carbons (Fsp3) is 0.556. The standard InChI is InChI=1S/C18H25NO4/c1-13-5-3-4-6-16(13)19-17(20)12-23-15-9-7-14(8-10-15)11-18(21)22-2/h7-10,13,16H,3-6,11-12H2,1-2H3,(H,19,20)/t13-,16+/m1/s1. The molecule has 1 aliphatic carbocycles. The normalized spacial score (nSPS) is 20.6. The zero-order valence-electron chi connectivity index (χ0n) is 13.8. The molecule has 1 aromatic carbocycles. The summed E-state index contributed by atoms with van der Waals surface area (Å²) in [5.41, 5.74) is 0.852. The first-order valence-electron chi connectivity index (χ1n) is 8.16. The van der Waals surface area contributed by atoms with Crippen molar-refractivity contribution in [1.29, 1.82) is 0 Å². The lowest BCUT2D eigenvalue weighted by atomic mass is 9.86. The summed E-state index contributed by atoms with van der Waals surface area (Å²) in [5, 5.41) is 3.06. The Labute approximate surface area is 137 Å². The number of rotatable bonds is 6. The number of esters is 1. The van der Waals surface area contributed by atoms with Crippen LogP contribution in [0.15, 0.2) is 24.3 Å². The molecule has 0 aliphatic heterocycles. The number of nitrogens with one attached hydrogen (secondary N) is 1. The summed E-state index contributed by atoms with van der Waals surface area (Å²) < 4.78 is 10.1. The van der Waals surface area contributed by atoms with Crippen molar-refractivity contribution in [2.45, 2.75) is 45.1 Å². The highest BCUT2D eigenvalue weighted by Crippen LogP contribution is 2.23. The van der Waals surface area contributed by atoms with Gasteiger partial charge in [0.1, 0.15) is 5.75 Å². The summed E-state index contributed by atoms with van der Waals surface area (Å²) in [5.74, 6) is 0.790. The van der Waals surface area contributed by atoms with Gasteiger partial charge in [0.25, 0.3) is 5.91 Å². The van der Waals surface area contributed by atoms with Crippen molar-refractivity contribution in [1.82, 2.24) is 5.32 Å². The van der Waals surface area contributed by atoms with Gasteiger partial charge >= 0.3 is 5.97 Å². The van der Waals surface area contributed by atoms with Crippen molar-refractivity contribution < 1.29 is 19.1 Å². The Morgan fingerprint density at radius 1 is 1.17 bits per heavy atom. The summed E-state index contributed by atoms with van der Waals surface area (Å²) in [4.78, 5) is 23.2. The average molecular weight is 319 g/mol. The van der Waals surface area contributed by atoms with Crippen molar-refractivity contribution in [3.63, 3.8) is 0 Å². The van der Waals surface area contributed by atoms with E-state index in [1.54, 1.807) is 24.3 Å². The number of carbonyl (C=O) groups excluding carboxylic acids is 2. The van der Waals surface area contributed by atoms with Crippen LogP contribution in [0.4, 0.5) is 0 Å². The third-order valence-electron chi connectivity index (χ3n) is 4.33. The van der Waals surface area contributed by atoms with E-state index in [1.807, 2.05) is 0 Å². The van der Waals surface area contributed by atoms with Crippen LogP contribution in [0.1, 0.15) is 38.2 Å². The van der Waals surface area contributed by atoms with Crippen molar-refractivity contribution in [2.24, 2.45) is 5.92 Å². The highest BCUT2D eigenvalue weighted by atomic mass is 16.5. The van der Waals surface area contributed by atoms with E-state index in [1.165, 1.54) is 26.4 Å². The summed E-state index contributed by atoms with van der Waals surface area (Å²) in [6.07, 6.45) is 4.89. The molecule has 2 atom stereocenters. The van der Waals surface area contributed by atoms with Gasteiger partial charge in [0.2, 0.25) is 0 Å². The van der Waals surface area contributed by atoms with E-state index in [4.69, 9.17) is 4.74 Å². The van der Waals surface area contributed by atoms with E-state index in [0.717, 1.165) is 12.0 Å². The largest absolute Gasteiger partial charge is 0.484 e. The molecule has 5 heteroatoms. The maximum Gasteiger partial charge on any atom is 0.309 e. The van der Waals surface area contributed by atoms with Crippen LogP contribution in [0.2, 0.25) is 0 Å². The molecule has 0 spiro atoms. The molecule has 1 amide bonds. The average Bonchev–Trinajstić information content (AvgIpc) is 2.56. The van der Waals surface area contributed by atoms with E-state index in [0.29, 0.717) is 11.7 Å². The second-order valence-electron chi connectivity index (χ2n) is 6.12. The van der Waals surface area contributed by atoms with Crippen LogP contribution in [0.5, 0.6) is 5.75 Å². The third kappa shape index (κ3) is 5.58. The maximum atomic E-state index is 12.0. The van der Waals surface area contributed by atoms with Crippen LogP contribution in [0.25, 0.3) is 0 Å². The maximum absolute atomic E-state index is 12.0. The number of amides is 1. The number of ether oxygens (including phenoxy) is 2. The van der Waals surface area contributed by atoms with Crippen molar-refractivity contribution >= 4 is 11.9 Å². The van der Waals surface area contributed by atoms with Gasteiger partial charge in [-0.2, -0.15) is 0 Å². The van der Waals surface area contributed by atoms with E-state index < -0.39 is 0 Å². The van der Waals surface area contributed by atoms with Crippen LogP contribution < -0.4 is 10.1 Å². The Balaban J connectivity index is 1.76. The van der Waals surface area contributed by atoms with E-state index in [9.17, 15) is 9.59 Å². The Hall–Kier alpha value is -2.04. The molecular weight excluding hydrogens is 294 g/mol. The smallest absolute Gasteiger partial charge is 0.309 e. The zero-order chi connectivity index (χ0) is 16.7. The summed E-state index contributed by atoms with van der Waals surface area (Å²) in [6, 6.07) is 7.38. The van der Waals surface area contributed by atoms with E-state index in [-0.39, 0.29) is 30.9 Å². The lowest BCUT2D eigenvalue weighted by molar-refractivity contribution is -0.139. The monoisotopic (exact) mass is 319 g/mol. The molecule has 1 saturated carbocycles. The Morgan fingerprint density at radius 2 is 1.87 bits per heavy atom. The molecule has 5 nitrogen and oxygen atoms in total. The van der Waals surface area contributed by atoms with Crippen molar-refractivity contribution in [3.8, 4) is 5.75 Å². The third-order valence-corrected chi connectivity index (χ3v) is 4.33. The van der Waals surface area contributed by atoms with E-state index >= 15 is 0 Å². The highest BCUT2D eigenvalue weighted by Gasteiger charge is 2.22. The molecule has 0 aromatic heterocycles. The molecule has 23 heavy (non-hydrogen) atoms. The highest BCUT2D eigenvalue weighted by molar-refractivity contribution is 5.78. The minimum absolute atomic E-state index is 0.0135. The van der Waals surface area contributed by atoms with Crippen LogP contribution >= 0.6 is 0 Å². The first-order chi connectivity index (χ1) is 11.1. The Bertz CT molecular complexity index is 526. The molecule has 2 rings (SSSR count). The first kappa shape index (κ1) is 17.3. The van der Waals surface area contributed by atoms with Crippen LogP contribution in [-0.4, -0.2) is 31.6 Å². The van der Waals surface area contributed by atoms with Gasteiger partial charge in [-0.05, 0) is 36.5 Å². The van der Waals surface area contributed by atoms with Gasteiger partial charge in [0.15, 0.2) is 6.61 Å². The summed E-state index contributed by atoms with van der Waals surface area (Å²) in [6.45, 7) is 2.20. The SMILES string of the molecule is COC(=O)Cc1ccc(OCC(=O)N[C@H]2CCCC[C@H]2C)cc1. The molecule has 1 aromatic rings. The number of methoxy groups -OCH3 is 1. The fourth-order valence-electron chi connectivity index (χ4n) is 2.87. The van der Waals surface area contributed by atoms with Gasteiger partial charge in [-0.15, -0.1) is 0 Å². The van der Waals surface area contributed by atoms with Crippen LogP contribution in [0.3, 0.4) is 0 Å². The minimum atomic E-state index is -0.278. The van der Waals surface area contributed by atoms with Gasteiger partial charge in [-0.1, -0.05) is 31.9 Å². The quantitative estimate of drug-likeness (QED) is 0.818. The van der Waals surface area contributed by atoms with Gasteiger partial charge in [-0.3, -0.25) is 9.59 Å². The molecule has 0 radical (unpaired) electrons. The molecule has 0 bridgehead atoms. The zero-order valence-corrected chi connectivity index (χ0v) is 13.8. The minimum Gasteiger partial charge on any atom is -0.484 e. The van der Waals surface area contributed by atoms with Gasteiger partial charge in [0.05, 0.1) is 13.5 Å². The Kier molecular flexibility index (Phi) is 6.44. The van der Waals surface area contributed by atoms with Crippen LogP contribution in [0, 0.1) is 5.92 Å². The lowest BCUT2D eigenvalue weighted by Gasteiger charge is -2.29. The van der Waals surface area contributed by atoms with Gasteiger partial charge in [0, 0.05) is 6.04 Å². The summed E-state index contributed by atoms with van der Waals surface area (Å²) in [7, 11) is 1.37. The number of hydrogen-bond donors (Lipinski definition) is 1. The predicted octanol–water partition coefficient (Wildman–Crippen LogP) is 2.48. The molecule has 1 N–H and O–H groups in total. The first-order valence-corrected chi connectivity index (χ1v) is 8.16. The number of hydrogen-bond acceptors (Lipinski definition) is 4. The second-order valence-corrected chi connectivity index (χ2v) is 6.12. The lowest BCUT2D eigenvalue weighted by Crippen LogP contribution is -2.43. The van der Waals surface area contributed by atoms with Crippen molar-refractivity contribution in [2.75, 3.05) is 13.7 Å². The predicted molar refractivity (Wildman–Crippen MR) is 87.2 cm³/mol. The summed E-state index contributed by atoms with van der Waals surface area (Å²) >= 11 is 0. The van der Waals surface area contributed by atoms with E-state index in [2.05, 4.69) is 17.0 Å². The second kappa shape index (κ2) is 8.56. The topological polar surface area (TPSA) is 64.6 Å². The molecule has 0 saturated heterocycles. The molecular formula is C18H25NO4. The molecule has 1 fully saturated rings. The molecule has 1 aliphatic rings. The van der Waals surface area contributed by atoms with Gasteiger partial charge in [-0.25, -0.2) is 0 Å². The van der Waals surface area contributed by atoms with Crippen molar-refractivity contribution in [3.05, 3.63) is 29.8 Å². The fourth-order valence-corrected chi connectivity index (χ4v) is 2.87. The van der Waals surface area contributed by atoms with Gasteiger partial charge < -0.3 is 14.8 Å². The number of carbonyl (C=O) groups is 2. The molecule has 0 unspecified atom stereocenters. The number of benzene rings is 1. The Morgan fingerprint density at radius 3 is 2.52 bits per heavy atom. The molecule has 126 valence electrons. The molecule has 0 heterocycles. The van der Waals surface area contributed by atoms with Crippen LogP contribution in [-0.2, 0) is 20.7 Å².